The van der Waals surface area contributed by atoms with Gasteiger partial charge < -0.3 is 20.5 Å². The molecule has 2 fully saturated rings. The summed E-state index contributed by atoms with van der Waals surface area (Å²) in [6.45, 7) is 10.1. The molecule has 2 aromatic rings. The van der Waals surface area contributed by atoms with Crippen molar-refractivity contribution in [1.29, 1.82) is 0 Å². The van der Waals surface area contributed by atoms with Gasteiger partial charge >= 0.3 is 0 Å². The van der Waals surface area contributed by atoms with E-state index in [0.29, 0.717) is 25.3 Å². The summed E-state index contributed by atoms with van der Waals surface area (Å²) in [7, 11) is -3.55. The number of sulfonamides is 1. The Bertz CT molecular complexity index is 1130. The zero-order chi connectivity index (χ0) is 25.9. The van der Waals surface area contributed by atoms with Gasteiger partial charge in [0.1, 0.15) is 0 Å². The largest absolute Gasteiger partial charge is 0.400 e. The third-order valence-corrected chi connectivity index (χ3v) is 10.2. The molecule has 0 radical (unpaired) electrons. The molecule has 0 aromatic carbocycles. The van der Waals surface area contributed by atoms with Crippen molar-refractivity contribution in [3.8, 4) is 0 Å². The van der Waals surface area contributed by atoms with Crippen LogP contribution in [0.1, 0.15) is 48.9 Å². The first-order valence-corrected chi connectivity index (χ1v) is 15.0. The Labute approximate surface area is 218 Å². The first-order valence-electron chi connectivity index (χ1n) is 12.8. The summed E-state index contributed by atoms with van der Waals surface area (Å²) >= 11 is 1.94. The van der Waals surface area contributed by atoms with E-state index >= 15 is 0 Å². The van der Waals surface area contributed by atoms with Crippen molar-refractivity contribution in [2.45, 2.75) is 63.1 Å². The average Bonchev–Trinajstić information content (AvgIpc) is 3.52. The number of nitrogens with two attached hydrogens (primary N) is 2. The molecule has 0 unspecified atom stereocenters. The lowest BCUT2D eigenvalue weighted by atomic mass is 9.82. The number of hydrogen-bond acceptors (Lipinski definition) is 9. The van der Waals surface area contributed by atoms with Gasteiger partial charge in [0, 0.05) is 60.8 Å². The minimum atomic E-state index is -3.55. The molecule has 5 rings (SSSR count). The van der Waals surface area contributed by atoms with Gasteiger partial charge in [0.2, 0.25) is 0 Å². The van der Waals surface area contributed by atoms with Crippen molar-refractivity contribution in [3.05, 3.63) is 45.8 Å². The van der Waals surface area contributed by atoms with Crippen LogP contribution >= 0.6 is 11.3 Å². The maximum absolute atomic E-state index is 12.5. The molecule has 2 aromatic heterocycles. The van der Waals surface area contributed by atoms with E-state index in [9.17, 15) is 8.42 Å². The van der Waals surface area contributed by atoms with Crippen LogP contribution in [0.3, 0.4) is 0 Å². The molecule has 3 aliphatic heterocycles. The minimum absolute atomic E-state index is 0.0925. The van der Waals surface area contributed by atoms with E-state index in [-0.39, 0.29) is 16.7 Å². The zero-order valence-electron chi connectivity index (χ0n) is 21.4. The first-order chi connectivity index (χ1) is 17.3. The molecule has 2 saturated heterocycles. The second-order valence-electron chi connectivity index (χ2n) is 9.31. The molecular weight excluding hydrogens is 498 g/mol. The van der Waals surface area contributed by atoms with Crippen molar-refractivity contribution < 1.29 is 13.2 Å². The Morgan fingerprint density at radius 2 is 2.08 bits per heavy atom. The van der Waals surface area contributed by atoms with Crippen molar-refractivity contribution in [2.24, 2.45) is 11.6 Å². The lowest BCUT2D eigenvalue weighted by molar-refractivity contribution is -0.0961. The van der Waals surface area contributed by atoms with E-state index in [1.165, 1.54) is 37.2 Å². The molecule has 3 aliphatic rings. The highest BCUT2D eigenvalue weighted by Gasteiger charge is 2.42. The minimum Gasteiger partial charge on any atom is -0.400 e. The average molecular weight is 538 g/mol. The highest BCUT2D eigenvalue weighted by Crippen LogP contribution is 2.44. The first kappa shape index (κ1) is 27.1. The van der Waals surface area contributed by atoms with E-state index in [1.54, 1.807) is 6.20 Å². The maximum Gasteiger partial charge on any atom is 0.260 e. The number of aryl methyl sites for hydroxylation is 1. The molecule has 200 valence electrons. The second-order valence-corrected chi connectivity index (χ2v) is 12.4. The molecule has 0 bridgehead atoms. The number of hydrogen-bond donors (Lipinski definition) is 3. The Hall–Kier alpha value is -1.96. The smallest absolute Gasteiger partial charge is 0.260 e. The quantitative estimate of drug-likeness (QED) is 0.361. The van der Waals surface area contributed by atoms with Gasteiger partial charge in [-0.1, -0.05) is 20.8 Å². The number of nitrogens with zero attached hydrogens (tertiary/aromatic N) is 4. The fourth-order valence-electron chi connectivity index (χ4n) is 5.05. The van der Waals surface area contributed by atoms with Crippen molar-refractivity contribution in [3.63, 3.8) is 0 Å². The number of thiophene rings is 1. The zero-order valence-corrected chi connectivity index (χ0v) is 23.1. The topological polar surface area (TPSA) is 134 Å². The molecule has 0 aliphatic carbocycles. The van der Waals surface area contributed by atoms with Gasteiger partial charge in [-0.05, 0) is 30.9 Å². The lowest BCUT2D eigenvalue weighted by Gasteiger charge is -2.44. The molecule has 5 heterocycles. The Morgan fingerprint density at radius 1 is 1.36 bits per heavy atom. The van der Waals surface area contributed by atoms with Gasteiger partial charge in [-0.2, -0.15) is 4.31 Å². The predicted molar refractivity (Wildman–Crippen MR) is 141 cm³/mol. The number of fused-ring (bicyclic) bond motifs is 2. The number of piperidine rings is 1. The molecule has 12 heteroatoms. The van der Waals surface area contributed by atoms with Crippen LogP contribution in [0.25, 0.3) is 0 Å². The fourth-order valence-corrected chi connectivity index (χ4v) is 7.64. The Balaban J connectivity index is 0.00000148. The van der Waals surface area contributed by atoms with Crippen molar-refractivity contribution >= 4 is 21.4 Å². The van der Waals surface area contributed by atoms with Crippen LogP contribution in [0.5, 0.6) is 0 Å². The molecule has 10 nitrogen and oxygen atoms in total. The monoisotopic (exact) mass is 537 g/mol. The van der Waals surface area contributed by atoms with E-state index in [4.69, 9.17) is 16.3 Å². The number of aromatic nitrogens is 2. The van der Waals surface area contributed by atoms with E-state index in [2.05, 4.69) is 27.9 Å². The van der Waals surface area contributed by atoms with E-state index in [0.717, 1.165) is 45.4 Å². The second kappa shape index (κ2) is 11.2. The molecule has 36 heavy (non-hydrogen) atoms. The van der Waals surface area contributed by atoms with Gasteiger partial charge in [0.15, 0.2) is 5.03 Å². The standard InChI is InChI=1S/C22H33N7O3S2.C2H6/c1-2-18-9-19-20(33-18)3-8-32-22(19)4-6-27(7-5-22)11-16(23)12-29(24)17-13-28(14-17)34(30,31)21-10-25-15-26-21;1-2/h9-10,12,15,17H,2-8,11,13-14,23-24H2,1H3,(H,25,26);1-2H3/b16-12-;. The molecular formula is C24H39N7O3S2. The fraction of sp³-hybridized carbons (Fsp3) is 0.625. The summed E-state index contributed by atoms with van der Waals surface area (Å²) < 4.78 is 32.7. The Kier molecular flexibility index (Phi) is 8.42. The summed E-state index contributed by atoms with van der Waals surface area (Å²) in [4.78, 5) is 11.7. The maximum atomic E-state index is 12.5. The number of ether oxygens (including phenoxy) is 1. The number of hydrazine groups is 1. The van der Waals surface area contributed by atoms with Crippen LogP contribution in [0.2, 0.25) is 0 Å². The number of rotatable bonds is 7. The summed E-state index contributed by atoms with van der Waals surface area (Å²) in [6, 6.07) is 2.25. The van der Waals surface area contributed by atoms with Gasteiger partial charge in [0.05, 0.1) is 30.8 Å². The molecule has 0 saturated carbocycles. The lowest BCUT2D eigenvalue weighted by Crippen LogP contribution is -2.61. The van der Waals surface area contributed by atoms with Crippen LogP contribution in [0.4, 0.5) is 0 Å². The summed E-state index contributed by atoms with van der Waals surface area (Å²) in [5.74, 6) is 6.19. The molecule has 5 N–H and O–H groups in total. The van der Waals surface area contributed by atoms with Crippen LogP contribution in [0.15, 0.2) is 35.5 Å². The number of imidazole rings is 1. The highest BCUT2D eigenvalue weighted by atomic mass is 32.2. The van der Waals surface area contributed by atoms with Crippen molar-refractivity contribution in [2.75, 3.05) is 39.3 Å². The number of nitrogens with one attached hydrogen (secondary N) is 1. The van der Waals surface area contributed by atoms with Crippen LogP contribution < -0.4 is 11.6 Å². The van der Waals surface area contributed by atoms with Crippen LogP contribution in [0, 0.1) is 0 Å². The Morgan fingerprint density at radius 3 is 2.72 bits per heavy atom. The highest BCUT2D eigenvalue weighted by molar-refractivity contribution is 7.89. The molecule has 1 spiro atoms. The van der Waals surface area contributed by atoms with Crippen LogP contribution in [-0.2, 0) is 33.2 Å². The number of aromatic amines is 1. The van der Waals surface area contributed by atoms with Gasteiger partial charge in [-0.25, -0.2) is 19.2 Å². The molecule has 0 amide bonds. The third kappa shape index (κ3) is 5.34. The predicted octanol–water partition coefficient (Wildman–Crippen LogP) is 1.97. The van der Waals surface area contributed by atoms with Gasteiger partial charge in [0.25, 0.3) is 10.0 Å². The summed E-state index contributed by atoms with van der Waals surface area (Å²) in [5, 5.41) is 1.63. The SMILES string of the molecule is CC.CCc1cc2c(s1)CCOC21CCN(C/C(N)=C/N(N)C2CN(S(=O)(=O)c3cnc[nH]3)C2)CC1. The van der Waals surface area contributed by atoms with E-state index < -0.39 is 10.0 Å². The van der Waals surface area contributed by atoms with Gasteiger partial charge in [-0.3, -0.25) is 4.90 Å². The van der Waals surface area contributed by atoms with Gasteiger partial charge in [-0.15, -0.1) is 11.3 Å². The normalized spacial score (nSPS) is 20.9. The van der Waals surface area contributed by atoms with Crippen LogP contribution in [-0.4, -0.2) is 78.0 Å². The number of likely N-dealkylation sites (tertiary alicyclic amines) is 1. The summed E-state index contributed by atoms with van der Waals surface area (Å²) in [5.41, 5.74) is 8.24. The van der Waals surface area contributed by atoms with E-state index in [1.807, 2.05) is 25.2 Å². The molecule has 0 atom stereocenters. The number of H-pyrrole nitrogens is 1. The van der Waals surface area contributed by atoms with Crippen molar-refractivity contribution in [1.82, 2.24) is 24.2 Å². The third-order valence-electron chi connectivity index (χ3n) is 7.13. The summed E-state index contributed by atoms with van der Waals surface area (Å²) in [6.07, 6.45) is 8.42.